The average molecular weight is 333 g/mol. The van der Waals surface area contributed by atoms with Crippen molar-refractivity contribution in [1.29, 1.82) is 0 Å². The predicted molar refractivity (Wildman–Crippen MR) is 91.5 cm³/mol. The molecule has 1 fully saturated rings. The molecule has 1 amide bonds. The summed E-state index contributed by atoms with van der Waals surface area (Å²) in [5.41, 5.74) is 0.785. The largest absolute Gasteiger partial charge is 0.325 e. The average Bonchev–Trinajstić information content (AvgIpc) is 3.04. The number of hydrogen-bond donors (Lipinski definition) is 1. The first-order valence-electron chi connectivity index (χ1n) is 7.94. The highest BCUT2D eigenvalue weighted by atomic mass is 35.5. The Morgan fingerprint density at radius 2 is 2.00 bits per heavy atom. The van der Waals surface area contributed by atoms with E-state index in [9.17, 15) is 4.79 Å². The van der Waals surface area contributed by atoms with Crippen LogP contribution < -0.4 is 5.32 Å². The smallest absolute Gasteiger partial charge is 0.238 e. The van der Waals surface area contributed by atoms with Crippen LogP contribution in [0.3, 0.4) is 0 Å². The summed E-state index contributed by atoms with van der Waals surface area (Å²) in [6.45, 7) is 3.33. The van der Waals surface area contributed by atoms with E-state index < -0.39 is 0 Å². The van der Waals surface area contributed by atoms with Gasteiger partial charge >= 0.3 is 0 Å². The van der Waals surface area contributed by atoms with E-state index in [0.717, 1.165) is 38.2 Å². The molecule has 23 heavy (non-hydrogen) atoms. The minimum Gasteiger partial charge on any atom is -0.325 e. The van der Waals surface area contributed by atoms with Crippen molar-refractivity contribution in [3.63, 3.8) is 0 Å². The minimum atomic E-state index is 0.0258. The Hall–Kier alpha value is -1.85. The Kier molecular flexibility index (Phi) is 5.31. The topological polar surface area (TPSA) is 50.2 Å². The first-order chi connectivity index (χ1) is 11.2. The van der Waals surface area contributed by atoms with E-state index in [2.05, 4.69) is 15.3 Å². The Bertz CT molecular complexity index is 619. The molecule has 1 saturated heterocycles. The van der Waals surface area contributed by atoms with Crippen molar-refractivity contribution in [2.75, 3.05) is 25.0 Å². The molecular weight excluding hydrogens is 312 g/mol. The zero-order chi connectivity index (χ0) is 16.1. The van der Waals surface area contributed by atoms with Crippen LogP contribution >= 0.6 is 11.6 Å². The molecule has 1 aliphatic rings. The molecule has 1 aliphatic heterocycles. The minimum absolute atomic E-state index is 0.0258. The highest BCUT2D eigenvalue weighted by molar-refractivity contribution is 6.30. The maximum absolute atomic E-state index is 12.1. The zero-order valence-electron chi connectivity index (χ0n) is 13.0. The SMILES string of the molecule is O=C(CN1CCC(Cn2cccn2)CC1)Nc1ccc(Cl)cc1. The third-order valence-electron chi connectivity index (χ3n) is 4.21. The summed E-state index contributed by atoms with van der Waals surface area (Å²) in [6.07, 6.45) is 6.03. The van der Waals surface area contributed by atoms with Gasteiger partial charge in [0.25, 0.3) is 0 Å². The van der Waals surface area contributed by atoms with Crippen LogP contribution in [0.4, 0.5) is 5.69 Å². The summed E-state index contributed by atoms with van der Waals surface area (Å²) >= 11 is 5.84. The summed E-state index contributed by atoms with van der Waals surface area (Å²) < 4.78 is 1.99. The number of piperidine rings is 1. The van der Waals surface area contributed by atoms with Gasteiger partial charge in [0, 0.05) is 29.6 Å². The lowest BCUT2D eigenvalue weighted by atomic mass is 9.97. The molecule has 1 N–H and O–H groups in total. The zero-order valence-corrected chi connectivity index (χ0v) is 13.7. The van der Waals surface area contributed by atoms with E-state index in [1.807, 2.05) is 35.3 Å². The molecule has 1 aromatic heterocycles. The predicted octanol–water partition coefficient (Wildman–Crippen LogP) is 2.89. The van der Waals surface area contributed by atoms with E-state index >= 15 is 0 Å². The van der Waals surface area contributed by atoms with Crippen LogP contribution in [0.5, 0.6) is 0 Å². The Morgan fingerprint density at radius 3 is 2.65 bits per heavy atom. The van der Waals surface area contributed by atoms with Crippen LogP contribution in [0.25, 0.3) is 0 Å². The van der Waals surface area contributed by atoms with E-state index in [4.69, 9.17) is 11.6 Å². The molecule has 0 bridgehead atoms. The number of nitrogens with zero attached hydrogens (tertiary/aromatic N) is 3. The van der Waals surface area contributed by atoms with E-state index in [0.29, 0.717) is 17.5 Å². The first-order valence-corrected chi connectivity index (χ1v) is 8.32. The van der Waals surface area contributed by atoms with Crippen LogP contribution in [0.1, 0.15) is 12.8 Å². The number of likely N-dealkylation sites (tertiary alicyclic amines) is 1. The molecular formula is C17H21ClN4O. The number of nitrogens with one attached hydrogen (secondary N) is 1. The number of amides is 1. The standard InChI is InChI=1S/C17H21ClN4O/c18-15-2-4-16(5-3-15)20-17(23)13-21-10-6-14(7-11-21)12-22-9-1-8-19-22/h1-5,8-9,14H,6-7,10-13H2,(H,20,23). The number of hydrogen-bond acceptors (Lipinski definition) is 3. The van der Waals surface area contributed by atoms with Gasteiger partial charge < -0.3 is 5.32 Å². The Morgan fingerprint density at radius 1 is 1.26 bits per heavy atom. The molecule has 1 aromatic carbocycles. The van der Waals surface area contributed by atoms with Gasteiger partial charge in [0.05, 0.1) is 6.54 Å². The van der Waals surface area contributed by atoms with Crippen molar-refractivity contribution in [2.24, 2.45) is 5.92 Å². The molecule has 122 valence electrons. The lowest BCUT2D eigenvalue weighted by molar-refractivity contribution is -0.117. The fourth-order valence-corrected chi connectivity index (χ4v) is 3.06. The second kappa shape index (κ2) is 7.62. The van der Waals surface area contributed by atoms with Crippen molar-refractivity contribution in [1.82, 2.24) is 14.7 Å². The van der Waals surface area contributed by atoms with Crippen LogP contribution in [-0.4, -0.2) is 40.2 Å². The fraction of sp³-hybridized carbons (Fsp3) is 0.412. The van der Waals surface area contributed by atoms with Crippen molar-refractivity contribution >= 4 is 23.2 Å². The molecule has 5 nitrogen and oxygen atoms in total. The van der Waals surface area contributed by atoms with Gasteiger partial charge in [0.1, 0.15) is 0 Å². The van der Waals surface area contributed by atoms with Gasteiger partial charge in [-0.2, -0.15) is 5.10 Å². The lowest BCUT2D eigenvalue weighted by Gasteiger charge is -2.31. The second-order valence-electron chi connectivity index (χ2n) is 6.00. The van der Waals surface area contributed by atoms with Gasteiger partial charge in [0.2, 0.25) is 5.91 Å². The molecule has 0 aliphatic carbocycles. The molecule has 3 rings (SSSR count). The monoisotopic (exact) mass is 332 g/mol. The Labute approximate surface area is 141 Å². The van der Waals surface area contributed by atoms with Gasteiger partial charge in [-0.15, -0.1) is 0 Å². The van der Waals surface area contributed by atoms with Crippen LogP contribution in [0.15, 0.2) is 42.7 Å². The van der Waals surface area contributed by atoms with Crippen LogP contribution in [0.2, 0.25) is 5.02 Å². The summed E-state index contributed by atoms with van der Waals surface area (Å²) in [7, 11) is 0. The van der Waals surface area contributed by atoms with Crippen molar-refractivity contribution in [3.8, 4) is 0 Å². The number of rotatable bonds is 5. The second-order valence-corrected chi connectivity index (χ2v) is 6.44. The van der Waals surface area contributed by atoms with E-state index in [1.165, 1.54) is 0 Å². The summed E-state index contributed by atoms with van der Waals surface area (Å²) in [5.74, 6) is 0.670. The third kappa shape index (κ3) is 4.81. The molecule has 2 aromatic rings. The number of anilines is 1. The maximum Gasteiger partial charge on any atom is 0.238 e. The molecule has 0 saturated carbocycles. The van der Waals surface area contributed by atoms with Crippen LogP contribution in [-0.2, 0) is 11.3 Å². The number of halogens is 1. The van der Waals surface area contributed by atoms with Gasteiger partial charge in [-0.1, -0.05) is 11.6 Å². The van der Waals surface area contributed by atoms with Gasteiger partial charge in [-0.05, 0) is 62.2 Å². The third-order valence-corrected chi connectivity index (χ3v) is 4.46. The van der Waals surface area contributed by atoms with Crippen molar-refractivity contribution in [3.05, 3.63) is 47.7 Å². The van der Waals surface area contributed by atoms with Crippen LogP contribution in [0, 0.1) is 5.92 Å². The number of carbonyl (C=O) groups excluding carboxylic acids is 1. The summed E-state index contributed by atoms with van der Waals surface area (Å²) in [6, 6.07) is 9.14. The number of carbonyl (C=O) groups is 1. The van der Waals surface area contributed by atoms with Gasteiger partial charge in [0.15, 0.2) is 0 Å². The first kappa shape index (κ1) is 16.0. The molecule has 0 unspecified atom stereocenters. The molecule has 0 spiro atoms. The number of aromatic nitrogens is 2. The highest BCUT2D eigenvalue weighted by Gasteiger charge is 2.21. The fourth-order valence-electron chi connectivity index (χ4n) is 2.94. The van der Waals surface area contributed by atoms with Gasteiger partial charge in [-0.25, -0.2) is 0 Å². The van der Waals surface area contributed by atoms with E-state index in [-0.39, 0.29) is 5.91 Å². The summed E-state index contributed by atoms with van der Waals surface area (Å²) in [4.78, 5) is 14.3. The molecule has 6 heteroatoms. The van der Waals surface area contributed by atoms with Gasteiger partial charge in [-0.3, -0.25) is 14.4 Å². The van der Waals surface area contributed by atoms with Crippen molar-refractivity contribution in [2.45, 2.75) is 19.4 Å². The molecule has 0 radical (unpaired) electrons. The summed E-state index contributed by atoms with van der Waals surface area (Å²) in [5, 5.41) is 7.84. The normalized spacial score (nSPS) is 16.4. The highest BCUT2D eigenvalue weighted by Crippen LogP contribution is 2.19. The number of benzene rings is 1. The van der Waals surface area contributed by atoms with Crippen molar-refractivity contribution < 1.29 is 4.79 Å². The quantitative estimate of drug-likeness (QED) is 0.916. The van der Waals surface area contributed by atoms with E-state index in [1.54, 1.807) is 12.1 Å². The lowest BCUT2D eigenvalue weighted by Crippen LogP contribution is -2.40. The molecule has 0 atom stereocenters. The molecule has 2 heterocycles. The maximum atomic E-state index is 12.1. The Balaban J connectivity index is 1.41.